The molecule has 3 aromatic rings. The van der Waals surface area contributed by atoms with Gasteiger partial charge in [0.05, 0.1) is 24.9 Å². The average Bonchev–Trinajstić information content (AvgIpc) is 2.92. The zero-order chi connectivity index (χ0) is 26.4. The van der Waals surface area contributed by atoms with E-state index in [1.54, 1.807) is 0 Å². The minimum absolute atomic E-state index is 0.00671. The van der Waals surface area contributed by atoms with Gasteiger partial charge in [0.15, 0.2) is 6.29 Å². The van der Waals surface area contributed by atoms with Crippen molar-refractivity contribution >= 4 is 11.6 Å². The lowest BCUT2D eigenvalue weighted by Gasteiger charge is -2.39. The minimum Gasteiger partial charge on any atom is -0.392 e. The van der Waals surface area contributed by atoms with Crippen LogP contribution in [0.5, 0.6) is 0 Å². The average molecular weight is 505 g/mol. The molecule has 0 aromatic heterocycles. The number of likely N-dealkylation sites (N-methyl/N-ethyl adjacent to an activating group) is 1. The van der Waals surface area contributed by atoms with Gasteiger partial charge in [-0.1, -0.05) is 66.7 Å². The van der Waals surface area contributed by atoms with E-state index in [4.69, 9.17) is 9.47 Å². The summed E-state index contributed by atoms with van der Waals surface area (Å²) in [7, 11) is 2.00. The van der Waals surface area contributed by atoms with Crippen molar-refractivity contribution in [1.29, 1.82) is 0 Å². The van der Waals surface area contributed by atoms with Gasteiger partial charge in [0, 0.05) is 37.2 Å². The summed E-state index contributed by atoms with van der Waals surface area (Å²) in [5.74, 6) is -0.126. The molecule has 3 aromatic carbocycles. The number of anilines is 1. The van der Waals surface area contributed by atoms with Crippen LogP contribution in [0.2, 0.25) is 0 Å². The standard InChI is InChI=1S/C30H36N2O5/c1-20(29(35)24-7-5-4-6-8-24)32(3)18-27-17-28(23-11-9-22(19-33)10-12-23)37-30(36-27)25-13-15-26(16-14-25)31-21(2)34/h4-16,20,27-30,33,35H,17-19H2,1-3H3,(H,31,34)/t20-,27+,28-,29-,30-/m1/s1. The van der Waals surface area contributed by atoms with E-state index >= 15 is 0 Å². The lowest BCUT2D eigenvalue weighted by molar-refractivity contribution is -0.253. The van der Waals surface area contributed by atoms with Crippen LogP contribution in [-0.4, -0.2) is 46.8 Å². The molecule has 0 unspecified atom stereocenters. The van der Waals surface area contributed by atoms with Crippen LogP contribution >= 0.6 is 0 Å². The normalized spacial score (nSPS) is 21.4. The number of ether oxygens (including phenoxy) is 2. The topological polar surface area (TPSA) is 91.3 Å². The molecule has 0 spiro atoms. The fourth-order valence-corrected chi connectivity index (χ4v) is 4.62. The lowest BCUT2D eigenvalue weighted by atomic mass is 9.98. The van der Waals surface area contributed by atoms with E-state index in [9.17, 15) is 15.0 Å². The first-order valence-corrected chi connectivity index (χ1v) is 12.7. The maximum Gasteiger partial charge on any atom is 0.221 e. The number of hydrogen-bond acceptors (Lipinski definition) is 6. The van der Waals surface area contributed by atoms with Gasteiger partial charge >= 0.3 is 0 Å². The quantitative estimate of drug-likeness (QED) is 0.390. The van der Waals surface area contributed by atoms with Gasteiger partial charge in [0.2, 0.25) is 5.91 Å². The molecule has 1 saturated heterocycles. The van der Waals surface area contributed by atoms with Gasteiger partial charge in [-0.25, -0.2) is 0 Å². The molecule has 0 radical (unpaired) electrons. The van der Waals surface area contributed by atoms with Crippen molar-refractivity contribution in [3.05, 3.63) is 101 Å². The summed E-state index contributed by atoms with van der Waals surface area (Å²) in [5.41, 5.74) is 4.32. The van der Waals surface area contributed by atoms with Gasteiger partial charge in [-0.3, -0.25) is 9.69 Å². The number of nitrogens with zero attached hydrogens (tertiary/aromatic N) is 1. The Labute approximate surface area is 218 Å². The van der Waals surface area contributed by atoms with Crippen LogP contribution in [-0.2, 0) is 20.9 Å². The predicted octanol–water partition coefficient (Wildman–Crippen LogP) is 4.74. The highest BCUT2D eigenvalue weighted by Gasteiger charge is 2.34. The first-order chi connectivity index (χ1) is 17.8. The van der Waals surface area contributed by atoms with Gasteiger partial charge in [0.1, 0.15) is 0 Å². The van der Waals surface area contributed by atoms with Crippen molar-refractivity contribution in [3.8, 4) is 0 Å². The second kappa shape index (κ2) is 12.4. The van der Waals surface area contributed by atoms with Crippen molar-refractivity contribution in [2.75, 3.05) is 18.9 Å². The largest absolute Gasteiger partial charge is 0.392 e. The Bertz CT molecular complexity index is 1140. The van der Waals surface area contributed by atoms with Crippen molar-refractivity contribution < 1.29 is 24.5 Å². The Balaban J connectivity index is 1.52. The van der Waals surface area contributed by atoms with Crippen LogP contribution in [0.15, 0.2) is 78.9 Å². The molecule has 0 aliphatic carbocycles. The Hall–Kier alpha value is -3.07. The second-order valence-electron chi connectivity index (χ2n) is 9.69. The third kappa shape index (κ3) is 7.03. The Morgan fingerprint density at radius 2 is 1.65 bits per heavy atom. The van der Waals surface area contributed by atoms with Gasteiger partial charge in [-0.15, -0.1) is 0 Å². The lowest BCUT2D eigenvalue weighted by Crippen LogP contribution is -2.43. The molecule has 1 heterocycles. The maximum absolute atomic E-state index is 11.4. The Kier molecular flexibility index (Phi) is 9.08. The summed E-state index contributed by atoms with van der Waals surface area (Å²) in [4.78, 5) is 13.5. The number of rotatable bonds is 9. The van der Waals surface area contributed by atoms with E-state index in [2.05, 4.69) is 10.2 Å². The molecule has 1 aliphatic heterocycles. The number of carbonyl (C=O) groups excluding carboxylic acids is 1. The molecule has 196 valence electrons. The molecule has 3 N–H and O–H groups in total. The number of carbonyl (C=O) groups is 1. The van der Waals surface area contributed by atoms with Gasteiger partial charge in [-0.2, -0.15) is 0 Å². The van der Waals surface area contributed by atoms with Crippen LogP contribution < -0.4 is 5.32 Å². The molecule has 1 amide bonds. The zero-order valence-corrected chi connectivity index (χ0v) is 21.6. The van der Waals surface area contributed by atoms with E-state index in [0.717, 1.165) is 22.3 Å². The summed E-state index contributed by atoms with van der Waals surface area (Å²) in [6.07, 6.45) is -0.904. The first kappa shape index (κ1) is 27.0. The van der Waals surface area contributed by atoms with E-state index in [1.165, 1.54) is 6.92 Å². The van der Waals surface area contributed by atoms with Gasteiger partial charge < -0.3 is 25.0 Å². The summed E-state index contributed by atoms with van der Waals surface area (Å²) < 4.78 is 12.8. The molecule has 1 fully saturated rings. The molecule has 0 bridgehead atoms. The molecular formula is C30H36N2O5. The highest BCUT2D eigenvalue weighted by atomic mass is 16.7. The van der Waals surface area contributed by atoms with Crippen LogP contribution in [0.3, 0.4) is 0 Å². The number of nitrogens with one attached hydrogen (secondary N) is 1. The number of aliphatic hydroxyl groups is 2. The minimum atomic E-state index is -0.620. The maximum atomic E-state index is 11.4. The molecule has 0 saturated carbocycles. The van der Waals surface area contributed by atoms with E-state index < -0.39 is 12.4 Å². The molecule has 37 heavy (non-hydrogen) atoms. The van der Waals surface area contributed by atoms with Crippen molar-refractivity contribution in [3.63, 3.8) is 0 Å². The number of hydrogen-bond donors (Lipinski definition) is 3. The Morgan fingerprint density at radius 1 is 1.00 bits per heavy atom. The fraction of sp³-hybridized carbons (Fsp3) is 0.367. The summed E-state index contributed by atoms with van der Waals surface area (Å²) in [5, 5.41) is 23.1. The molecule has 4 rings (SSSR count). The van der Waals surface area contributed by atoms with E-state index in [0.29, 0.717) is 18.7 Å². The van der Waals surface area contributed by atoms with Crippen LogP contribution in [0.1, 0.15) is 61.0 Å². The highest BCUT2D eigenvalue weighted by molar-refractivity contribution is 5.88. The monoisotopic (exact) mass is 504 g/mol. The van der Waals surface area contributed by atoms with Crippen molar-refractivity contribution in [2.45, 2.75) is 57.5 Å². The highest BCUT2D eigenvalue weighted by Crippen LogP contribution is 2.38. The molecule has 5 atom stereocenters. The van der Waals surface area contributed by atoms with Gasteiger partial charge in [0.25, 0.3) is 0 Å². The van der Waals surface area contributed by atoms with Crippen molar-refractivity contribution in [2.24, 2.45) is 0 Å². The van der Waals surface area contributed by atoms with Crippen LogP contribution in [0, 0.1) is 0 Å². The summed E-state index contributed by atoms with van der Waals surface area (Å²) in [6, 6.07) is 24.8. The first-order valence-electron chi connectivity index (χ1n) is 12.7. The second-order valence-corrected chi connectivity index (χ2v) is 9.69. The van der Waals surface area contributed by atoms with Gasteiger partial charge in [-0.05, 0) is 42.8 Å². The van der Waals surface area contributed by atoms with E-state index in [-0.39, 0.29) is 30.8 Å². The summed E-state index contributed by atoms with van der Waals surface area (Å²) in [6.45, 7) is 4.10. The Morgan fingerprint density at radius 3 is 2.27 bits per heavy atom. The third-order valence-electron chi connectivity index (χ3n) is 6.90. The molecule has 7 heteroatoms. The van der Waals surface area contributed by atoms with Crippen LogP contribution in [0.25, 0.3) is 0 Å². The summed E-state index contributed by atoms with van der Waals surface area (Å²) >= 11 is 0. The molecular weight excluding hydrogens is 468 g/mol. The van der Waals surface area contributed by atoms with Crippen molar-refractivity contribution in [1.82, 2.24) is 4.90 Å². The fourth-order valence-electron chi connectivity index (χ4n) is 4.62. The zero-order valence-electron chi connectivity index (χ0n) is 21.6. The number of benzene rings is 3. The molecule has 1 aliphatic rings. The van der Waals surface area contributed by atoms with Crippen LogP contribution in [0.4, 0.5) is 5.69 Å². The number of aliphatic hydroxyl groups excluding tert-OH is 2. The third-order valence-corrected chi connectivity index (χ3v) is 6.90. The SMILES string of the molecule is CC(=O)Nc1ccc([C@@H]2O[C@H](CN(C)[C@H](C)[C@@H](O)c3ccccc3)C[C@H](c3ccc(CO)cc3)O2)cc1. The smallest absolute Gasteiger partial charge is 0.221 e. The molecule has 7 nitrogen and oxygen atoms in total. The number of amides is 1. The van der Waals surface area contributed by atoms with E-state index in [1.807, 2.05) is 92.8 Å². The predicted molar refractivity (Wildman–Crippen MR) is 143 cm³/mol.